The summed E-state index contributed by atoms with van der Waals surface area (Å²) in [5, 5.41) is 11.5. The lowest BCUT2D eigenvalue weighted by Gasteiger charge is -2.13. The van der Waals surface area contributed by atoms with Gasteiger partial charge in [-0.2, -0.15) is 0 Å². The van der Waals surface area contributed by atoms with Crippen LogP contribution in [-0.2, 0) is 14.6 Å². The molecule has 1 atom stereocenters. The van der Waals surface area contributed by atoms with Crippen molar-refractivity contribution in [3.63, 3.8) is 0 Å². The number of sulfone groups is 1. The van der Waals surface area contributed by atoms with E-state index in [1.807, 2.05) is 0 Å². The highest BCUT2D eigenvalue weighted by atomic mass is 35.5. The number of carboxylic acid groups (broad SMARTS) is 1. The topological polar surface area (TPSA) is 113 Å². The van der Waals surface area contributed by atoms with Gasteiger partial charge in [0.25, 0.3) is 5.91 Å². The van der Waals surface area contributed by atoms with Gasteiger partial charge in [0.15, 0.2) is 0 Å². The molecule has 1 rings (SSSR count). The lowest BCUT2D eigenvalue weighted by molar-refractivity contribution is -0.139. The molecule has 1 aromatic heterocycles. The molecule has 0 spiro atoms. The monoisotopic (exact) mass is 320 g/mol. The average Bonchev–Trinajstić information content (AvgIpc) is 2.33. The molecule has 20 heavy (non-hydrogen) atoms. The summed E-state index contributed by atoms with van der Waals surface area (Å²) in [6, 6.07) is 1.48. The fourth-order valence-corrected chi connectivity index (χ4v) is 2.11. The molecule has 1 aromatic rings. The van der Waals surface area contributed by atoms with Crippen LogP contribution in [-0.4, -0.2) is 48.4 Å². The van der Waals surface area contributed by atoms with Gasteiger partial charge < -0.3 is 10.4 Å². The molecule has 1 amide bonds. The molecule has 9 heteroatoms. The summed E-state index contributed by atoms with van der Waals surface area (Å²) in [6.45, 7) is 0. The summed E-state index contributed by atoms with van der Waals surface area (Å²) in [4.78, 5) is 26.5. The van der Waals surface area contributed by atoms with Gasteiger partial charge in [-0.05, 0) is 18.6 Å². The van der Waals surface area contributed by atoms with E-state index in [0.29, 0.717) is 5.02 Å². The number of halogens is 1. The highest BCUT2D eigenvalue weighted by molar-refractivity contribution is 7.90. The molecule has 2 N–H and O–H groups in total. The van der Waals surface area contributed by atoms with Crippen LogP contribution in [0, 0.1) is 0 Å². The third-order valence-corrected chi connectivity index (χ3v) is 3.54. The van der Waals surface area contributed by atoms with Gasteiger partial charge in [0.05, 0.1) is 10.8 Å². The first-order valence-corrected chi connectivity index (χ1v) is 7.96. The molecular weight excluding hydrogens is 308 g/mol. The fourth-order valence-electron chi connectivity index (χ4n) is 1.33. The Hall–Kier alpha value is -1.67. The maximum atomic E-state index is 11.8. The Balaban J connectivity index is 2.73. The minimum Gasteiger partial charge on any atom is -0.480 e. The quantitative estimate of drug-likeness (QED) is 0.782. The minimum atomic E-state index is -3.31. The number of carbonyl (C=O) groups excluding carboxylic acids is 1. The predicted octanol–water partition coefficient (Wildman–Crippen LogP) is 0.353. The summed E-state index contributed by atoms with van der Waals surface area (Å²) in [5.41, 5.74) is 0.00000520. The first-order chi connectivity index (χ1) is 9.19. The molecule has 0 aliphatic rings. The van der Waals surface area contributed by atoms with Crippen LogP contribution in [0.4, 0.5) is 0 Å². The molecular formula is C11H13ClN2O5S. The molecule has 0 saturated heterocycles. The second-order valence-electron chi connectivity index (χ2n) is 4.14. The highest BCUT2D eigenvalue weighted by Crippen LogP contribution is 2.06. The number of aromatic nitrogens is 1. The van der Waals surface area contributed by atoms with Crippen molar-refractivity contribution < 1.29 is 23.1 Å². The Morgan fingerprint density at radius 1 is 1.45 bits per heavy atom. The summed E-state index contributed by atoms with van der Waals surface area (Å²) < 4.78 is 22.0. The van der Waals surface area contributed by atoms with Gasteiger partial charge in [-0.15, -0.1) is 0 Å². The van der Waals surface area contributed by atoms with Crippen LogP contribution in [0.2, 0.25) is 5.02 Å². The van der Waals surface area contributed by atoms with Crippen LogP contribution in [0.3, 0.4) is 0 Å². The Bertz CT molecular complexity index is 600. The van der Waals surface area contributed by atoms with Gasteiger partial charge in [-0.25, -0.2) is 18.2 Å². The molecule has 7 nitrogen and oxygen atoms in total. The standard InChI is InChI=1S/C11H13ClN2O5S/c1-20(18,19)5-4-9(11(16)17)14-10(15)8-3-2-7(12)6-13-8/h2-3,6,9H,4-5H2,1H3,(H,14,15)(H,16,17). The van der Waals surface area contributed by atoms with Gasteiger partial charge in [0.2, 0.25) is 0 Å². The van der Waals surface area contributed by atoms with Crippen LogP contribution in [0.5, 0.6) is 0 Å². The zero-order valence-corrected chi connectivity index (χ0v) is 12.1. The Kier molecular flexibility index (Phi) is 5.46. The van der Waals surface area contributed by atoms with Gasteiger partial charge in [0, 0.05) is 12.5 Å². The van der Waals surface area contributed by atoms with Crippen molar-refractivity contribution in [3.05, 3.63) is 29.0 Å². The number of nitrogens with zero attached hydrogens (tertiary/aromatic N) is 1. The number of hydrogen-bond donors (Lipinski definition) is 2. The third-order valence-electron chi connectivity index (χ3n) is 2.34. The van der Waals surface area contributed by atoms with Crippen molar-refractivity contribution in [2.45, 2.75) is 12.5 Å². The molecule has 1 unspecified atom stereocenters. The van der Waals surface area contributed by atoms with E-state index in [2.05, 4.69) is 10.3 Å². The van der Waals surface area contributed by atoms with Crippen LogP contribution < -0.4 is 5.32 Å². The molecule has 110 valence electrons. The lowest BCUT2D eigenvalue weighted by atomic mass is 10.2. The maximum absolute atomic E-state index is 11.8. The van der Waals surface area contributed by atoms with E-state index in [1.165, 1.54) is 18.3 Å². The van der Waals surface area contributed by atoms with Gasteiger partial charge in [0.1, 0.15) is 21.6 Å². The maximum Gasteiger partial charge on any atom is 0.326 e. The van der Waals surface area contributed by atoms with Crippen LogP contribution in [0.1, 0.15) is 16.9 Å². The summed E-state index contributed by atoms with van der Waals surface area (Å²) >= 11 is 5.62. The van der Waals surface area contributed by atoms with E-state index in [0.717, 1.165) is 6.26 Å². The number of pyridine rings is 1. The Morgan fingerprint density at radius 2 is 2.10 bits per heavy atom. The minimum absolute atomic E-state index is 0.00000520. The molecule has 0 aliphatic heterocycles. The van der Waals surface area contributed by atoms with Crippen LogP contribution in [0.25, 0.3) is 0 Å². The first-order valence-electron chi connectivity index (χ1n) is 5.52. The third kappa shape index (κ3) is 5.54. The number of carboxylic acids is 1. The second kappa shape index (κ2) is 6.67. The molecule has 0 bridgehead atoms. The normalized spacial score (nSPS) is 12.7. The van der Waals surface area contributed by atoms with E-state index in [9.17, 15) is 18.0 Å². The van der Waals surface area contributed by atoms with Crippen molar-refractivity contribution >= 4 is 33.3 Å². The number of rotatable bonds is 6. The van der Waals surface area contributed by atoms with E-state index >= 15 is 0 Å². The molecule has 0 aromatic carbocycles. The SMILES string of the molecule is CS(=O)(=O)CCC(NC(=O)c1ccc(Cl)cn1)C(=O)O. The fraction of sp³-hybridized carbons (Fsp3) is 0.364. The average molecular weight is 321 g/mol. The smallest absolute Gasteiger partial charge is 0.326 e. The van der Waals surface area contributed by atoms with E-state index in [4.69, 9.17) is 16.7 Å². The zero-order valence-electron chi connectivity index (χ0n) is 10.5. The van der Waals surface area contributed by atoms with Crippen molar-refractivity contribution in [3.8, 4) is 0 Å². The van der Waals surface area contributed by atoms with E-state index in [1.54, 1.807) is 0 Å². The molecule has 0 fully saturated rings. The number of hydrogen-bond acceptors (Lipinski definition) is 5. The summed E-state index contributed by atoms with van der Waals surface area (Å²) in [7, 11) is -3.31. The zero-order chi connectivity index (χ0) is 15.3. The molecule has 0 saturated carbocycles. The summed E-state index contributed by atoms with van der Waals surface area (Å²) in [6.07, 6.45) is 2.03. The van der Waals surface area contributed by atoms with Crippen LogP contribution in [0.15, 0.2) is 18.3 Å². The van der Waals surface area contributed by atoms with Gasteiger partial charge in [-0.1, -0.05) is 11.6 Å². The number of nitrogens with one attached hydrogen (secondary N) is 1. The van der Waals surface area contributed by atoms with Crippen molar-refractivity contribution in [2.75, 3.05) is 12.0 Å². The largest absolute Gasteiger partial charge is 0.480 e. The van der Waals surface area contributed by atoms with Gasteiger partial charge >= 0.3 is 5.97 Å². The van der Waals surface area contributed by atoms with Crippen molar-refractivity contribution in [2.24, 2.45) is 0 Å². The van der Waals surface area contributed by atoms with Crippen molar-refractivity contribution in [1.29, 1.82) is 0 Å². The second-order valence-corrected chi connectivity index (χ2v) is 6.84. The first kappa shape index (κ1) is 16.4. The number of aliphatic carboxylic acids is 1. The lowest BCUT2D eigenvalue weighted by Crippen LogP contribution is -2.42. The van der Waals surface area contributed by atoms with Crippen LogP contribution >= 0.6 is 11.6 Å². The predicted molar refractivity (Wildman–Crippen MR) is 72.5 cm³/mol. The summed E-state index contributed by atoms with van der Waals surface area (Å²) in [5.74, 6) is -2.35. The van der Waals surface area contributed by atoms with Crippen molar-refractivity contribution in [1.82, 2.24) is 10.3 Å². The number of carbonyl (C=O) groups is 2. The van der Waals surface area contributed by atoms with E-state index in [-0.39, 0.29) is 17.9 Å². The van der Waals surface area contributed by atoms with E-state index < -0.39 is 27.8 Å². The Labute approximate surface area is 120 Å². The number of amides is 1. The molecule has 0 aliphatic carbocycles. The Morgan fingerprint density at radius 3 is 2.55 bits per heavy atom. The van der Waals surface area contributed by atoms with Gasteiger partial charge in [-0.3, -0.25) is 4.79 Å². The highest BCUT2D eigenvalue weighted by Gasteiger charge is 2.22. The molecule has 1 heterocycles. The molecule has 0 radical (unpaired) electrons.